The third-order valence-corrected chi connectivity index (χ3v) is 8.63. The summed E-state index contributed by atoms with van der Waals surface area (Å²) in [7, 11) is 0. The number of aliphatic hydroxyl groups excluding tert-OH is 2. The van der Waals surface area contributed by atoms with Crippen LogP contribution in [0, 0.1) is 23.2 Å². The van der Waals surface area contributed by atoms with E-state index >= 15 is 0 Å². The van der Waals surface area contributed by atoms with E-state index in [1.54, 1.807) is 12.5 Å². The molecule has 1 unspecified atom stereocenters. The predicted molar refractivity (Wildman–Crippen MR) is 124 cm³/mol. The molecule has 0 radical (unpaired) electrons. The summed E-state index contributed by atoms with van der Waals surface area (Å²) in [6.07, 6.45) is 16.1. The number of aliphatic hydroxyl groups is 3. The first-order valence-electron chi connectivity index (χ1n) is 12.3. The molecule has 6 atom stereocenters. The van der Waals surface area contributed by atoms with E-state index < -0.39 is 5.60 Å². The summed E-state index contributed by atoms with van der Waals surface area (Å²) in [5.74, 6) is 2.07. The smallest absolute Gasteiger partial charge is 0.0849 e. The molecule has 3 N–H and O–H groups in total. The summed E-state index contributed by atoms with van der Waals surface area (Å²) < 4.78 is 0. The minimum absolute atomic E-state index is 0.155. The zero-order valence-corrected chi connectivity index (χ0v) is 19.5. The van der Waals surface area contributed by atoms with Crippen molar-refractivity contribution in [2.45, 2.75) is 103 Å². The van der Waals surface area contributed by atoms with Crippen molar-refractivity contribution in [1.29, 1.82) is 0 Å². The van der Waals surface area contributed by atoms with E-state index in [0.717, 1.165) is 38.0 Å². The van der Waals surface area contributed by atoms with E-state index in [2.05, 4.69) is 32.6 Å². The summed E-state index contributed by atoms with van der Waals surface area (Å²) in [6, 6.07) is 0. The van der Waals surface area contributed by atoms with Gasteiger partial charge in [0.1, 0.15) is 0 Å². The number of allylic oxidation sites excluding steroid dienone is 4. The Bertz CT molecular complexity index is 674. The summed E-state index contributed by atoms with van der Waals surface area (Å²) >= 11 is 0. The first kappa shape index (κ1) is 23.8. The van der Waals surface area contributed by atoms with Crippen LogP contribution in [-0.2, 0) is 0 Å². The molecular weight excluding hydrogens is 372 g/mol. The van der Waals surface area contributed by atoms with E-state index in [1.165, 1.54) is 43.3 Å². The minimum Gasteiger partial charge on any atom is -0.393 e. The largest absolute Gasteiger partial charge is 0.393 e. The van der Waals surface area contributed by atoms with Gasteiger partial charge < -0.3 is 15.3 Å². The number of hydrogen-bond acceptors (Lipinski definition) is 3. The standard InChI is InChI=1S/C27H44O3/c1-19-9-12-23(29)17-22(19)11-10-21-8-6-16-27(4)24(13-14-25(21)27)20(2)7-5-15-26(3,30)18-28/h10-11,20,23-25,28-30H,1,5-9,12-18H2,2-4H3/b21-10+,22-11-/t20-,23-,24-,25+,26?,27-/m1/s1. The van der Waals surface area contributed by atoms with Gasteiger partial charge in [0.15, 0.2) is 0 Å². The SMILES string of the molecule is C=C1CC[C@@H](O)C/C1=C/C=C1\CCC[C@]2(C)[C@@H]([C@H](C)CCCC(C)(O)CO)CC[C@@H]12. The lowest BCUT2D eigenvalue weighted by molar-refractivity contribution is -0.00891. The monoisotopic (exact) mass is 416 g/mol. The van der Waals surface area contributed by atoms with Gasteiger partial charge in [-0.1, -0.05) is 56.6 Å². The van der Waals surface area contributed by atoms with Crippen molar-refractivity contribution in [3.8, 4) is 0 Å². The Morgan fingerprint density at radius 2 is 2.00 bits per heavy atom. The van der Waals surface area contributed by atoms with E-state index in [4.69, 9.17) is 0 Å². The van der Waals surface area contributed by atoms with Crippen LogP contribution in [0.5, 0.6) is 0 Å². The van der Waals surface area contributed by atoms with E-state index in [9.17, 15) is 15.3 Å². The van der Waals surface area contributed by atoms with Crippen molar-refractivity contribution < 1.29 is 15.3 Å². The van der Waals surface area contributed by atoms with Crippen LogP contribution in [0.2, 0.25) is 0 Å². The van der Waals surface area contributed by atoms with Gasteiger partial charge in [-0.25, -0.2) is 0 Å². The van der Waals surface area contributed by atoms with Crippen LogP contribution >= 0.6 is 0 Å². The minimum atomic E-state index is -0.938. The molecule has 0 bridgehead atoms. The fraction of sp³-hybridized carbons (Fsp3) is 0.778. The van der Waals surface area contributed by atoms with Crippen molar-refractivity contribution in [2.75, 3.05) is 6.61 Å². The normalized spacial score (nSPS) is 37.9. The lowest BCUT2D eigenvalue weighted by Crippen LogP contribution is -2.36. The molecular formula is C27H44O3. The average Bonchev–Trinajstić information content (AvgIpc) is 3.06. The van der Waals surface area contributed by atoms with Crippen molar-refractivity contribution in [2.24, 2.45) is 23.2 Å². The van der Waals surface area contributed by atoms with Gasteiger partial charge in [-0.2, -0.15) is 0 Å². The third kappa shape index (κ3) is 5.29. The predicted octanol–water partition coefficient (Wildman–Crippen LogP) is 5.71. The van der Waals surface area contributed by atoms with Crippen LogP contribution in [0.3, 0.4) is 0 Å². The summed E-state index contributed by atoms with van der Waals surface area (Å²) in [4.78, 5) is 0. The van der Waals surface area contributed by atoms with Crippen molar-refractivity contribution in [3.63, 3.8) is 0 Å². The Labute approximate surface area is 184 Å². The highest BCUT2D eigenvalue weighted by Gasteiger charge is 2.50. The Morgan fingerprint density at radius 1 is 1.23 bits per heavy atom. The van der Waals surface area contributed by atoms with Crippen LogP contribution in [0.4, 0.5) is 0 Å². The van der Waals surface area contributed by atoms with Gasteiger partial charge >= 0.3 is 0 Å². The van der Waals surface area contributed by atoms with Gasteiger partial charge in [0.2, 0.25) is 0 Å². The molecule has 0 amide bonds. The molecule has 0 spiro atoms. The summed E-state index contributed by atoms with van der Waals surface area (Å²) in [5, 5.41) is 29.4. The molecule has 170 valence electrons. The molecule has 0 heterocycles. The summed E-state index contributed by atoms with van der Waals surface area (Å²) in [5.41, 5.74) is 3.50. The molecule has 30 heavy (non-hydrogen) atoms. The molecule has 3 nitrogen and oxygen atoms in total. The molecule has 3 rings (SSSR count). The molecule has 0 saturated heterocycles. The zero-order chi connectivity index (χ0) is 21.9. The third-order valence-electron chi connectivity index (χ3n) is 8.63. The molecule has 0 aromatic heterocycles. The number of rotatable bonds is 7. The summed E-state index contributed by atoms with van der Waals surface area (Å²) in [6.45, 7) is 10.7. The first-order valence-corrected chi connectivity index (χ1v) is 12.3. The van der Waals surface area contributed by atoms with Gasteiger partial charge in [0, 0.05) is 0 Å². The Hall–Kier alpha value is -0.900. The maximum atomic E-state index is 10.1. The van der Waals surface area contributed by atoms with E-state index in [0.29, 0.717) is 23.7 Å². The highest BCUT2D eigenvalue weighted by molar-refractivity contribution is 5.36. The van der Waals surface area contributed by atoms with Crippen LogP contribution in [0.25, 0.3) is 0 Å². The second kappa shape index (κ2) is 9.71. The average molecular weight is 417 g/mol. The lowest BCUT2D eigenvalue weighted by atomic mass is 9.60. The van der Waals surface area contributed by atoms with Gasteiger partial charge in [-0.15, -0.1) is 0 Å². The van der Waals surface area contributed by atoms with Crippen LogP contribution < -0.4 is 0 Å². The van der Waals surface area contributed by atoms with Crippen LogP contribution in [0.15, 0.2) is 35.5 Å². The maximum absolute atomic E-state index is 10.1. The molecule has 3 heteroatoms. The maximum Gasteiger partial charge on any atom is 0.0849 e. The topological polar surface area (TPSA) is 60.7 Å². The zero-order valence-electron chi connectivity index (χ0n) is 19.5. The molecule has 3 aliphatic carbocycles. The second-order valence-corrected chi connectivity index (χ2v) is 11.1. The Morgan fingerprint density at radius 3 is 2.73 bits per heavy atom. The Kier molecular flexibility index (Phi) is 7.69. The molecule has 3 saturated carbocycles. The molecule has 3 fully saturated rings. The first-order chi connectivity index (χ1) is 14.2. The van der Waals surface area contributed by atoms with Gasteiger partial charge in [0.05, 0.1) is 18.3 Å². The fourth-order valence-corrected chi connectivity index (χ4v) is 6.69. The van der Waals surface area contributed by atoms with Gasteiger partial charge in [-0.3, -0.25) is 0 Å². The van der Waals surface area contributed by atoms with Crippen molar-refractivity contribution in [1.82, 2.24) is 0 Å². The second-order valence-electron chi connectivity index (χ2n) is 11.1. The molecule has 3 aliphatic rings. The lowest BCUT2D eigenvalue weighted by Gasteiger charge is -2.44. The molecule has 0 aliphatic heterocycles. The number of hydrogen-bond donors (Lipinski definition) is 3. The van der Waals surface area contributed by atoms with Crippen molar-refractivity contribution in [3.05, 3.63) is 35.5 Å². The molecule has 0 aromatic rings. The van der Waals surface area contributed by atoms with Crippen molar-refractivity contribution >= 4 is 0 Å². The van der Waals surface area contributed by atoms with E-state index in [1.807, 2.05) is 0 Å². The van der Waals surface area contributed by atoms with Gasteiger partial charge in [-0.05, 0) is 93.5 Å². The van der Waals surface area contributed by atoms with Crippen LogP contribution in [0.1, 0.15) is 91.4 Å². The highest BCUT2D eigenvalue weighted by atomic mass is 16.3. The fourth-order valence-electron chi connectivity index (χ4n) is 6.69. The number of fused-ring (bicyclic) bond motifs is 1. The van der Waals surface area contributed by atoms with Gasteiger partial charge in [0.25, 0.3) is 0 Å². The highest BCUT2D eigenvalue weighted by Crippen LogP contribution is 2.60. The van der Waals surface area contributed by atoms with Crippen LogP contribution in [-0.4, -0.2) is 33.6 Å². The quantitative estimate of drug-likeness (QED) is 0.498. The van der Waals surface area contributed by atoms with E-state index in [-0.39, 0.29) is 12.7 Å². The Balaban J connectivity index is 1.66. The molecule has 0 aromatic carbocycles.